The van der Waals surface area contributed by atoms with Crippen LogP contribution in [0.1, 0.15) is 17.9 Å². The summed E-state index contributed by atoms with van der Waals surface area (Å²) in [5.41, 5.74) is 1.14. The summed E-state index contributed by atoms with van der Waals surface area (Å²) in [6.45, 7) is 0.887. The van der Waals surface area contributed by atoms with Gasteiger partial charge in [-0.2, -0.15) is 4.31 Å². The van der Waals surface area contributed by atoms with Crippen molar-refractivity contribution in [2.75, 3.05) is 13.1 Å². The second-order valence-electron chi connectivity index (χ2n) is 5.34. The largest absolute Gasteiger partial charge is 0.243 e. The van der Waals surface area contributed by atoms with Crippen LogP contribution in [0.2, 0.25) is 5.02 Å². The number of benzene rings is 2. The van der Waals surface area contributed by atoms with Gasteiger partial charge in [-0.1, -0.05) is 41.9 Å². The van der Waals surface area contributed by atoms with E-state index in [1.165, 1.54) is 16.4 Å². The Morgan fingerprint density at radius 3 is 2.55 bits per heavy atom. The summed E-state index contributed by atoms with van der Waals surface area (Å²) in [4.78, 5) is 0.0348. The number of nitrogens with zero attached hydrogens (tertiary/aromatic N) is 1. The van der Waals surface area contributed by atoms with Crippen LogP contribution >= 0.6 is 11.6 Å². The average molecular weight is 340 g/mol. The molecule has 1 aliphatic heterocycles. The Bertz CT molecular complexity index is 780. The Morgan fingerprint density at radius 2 is 1.86 bits per heavy atom. The van der Waals surface area contributed by atoms with Crippen LogP contribution in [0, 0.1) is 5.82 Å². The Labute approximate surface area is 134 Å². The van der Waals surface area contributed by atoms with E-state index in [1.807, 2.05) is 30.3 Å². The fraction of sp³-hybridized carbons (Fsp3) is 0.250. The zero-order valence-corrected chi connectivity index (χ0v) is 13.3. The van der Waals surface area contributed by atoms with E-state index in [4.69, 9.17) is 11.6 Å². The summed E-state index contributed by atoms with van der Waals surface area (Å²) in [5.74, 6) is -0.434. The molecule has 0 aromatic heterocycles. The van der Waals surface area contributed by atoms with Crippen LogP contribution in [0.15, 0.2) is 53.4 Å². The van der Waals surface area contributed by atoms with Gasteiger partial charge in [0, 0.05) is 13.1 Å². The Hall–Kier alpha value is -1.43. The summed E-state index contributed by atoms with van der Waals surface area (Å²) in [6.07, 6.45) is 0.776. The molecule has 0 spiro atoms. The molecule has 0 bridgehead atoms. The van der Waals surface area contributed by atoms with Crippen molar-refractivity contribution < 1.29 is 12.8 Å². The zero-order chi connectivity index (χ0) is 15.7. The first kappa shape index (κ1) is 15.5. The lowest BCUT2D eigenvalue weighted by Gasteiger charge is -2.17. The van der Waals surface area contributed by atoms with E-state index in [1.54, 1.807) is 0 Å². The predicted octanol–water partition coefficient (Wildman–Crippen LogP) is 3.66. The van der Waals surface area contributed by atoms with Gasteiger partial charge in [-0.25, -0.2) is 12.8 Å². The van der Waals surface area contributed by atoms with E-state index in [0.717, 1.165) is 18.1 Å². The van der Waals surface area contributed by atoms with E-state index < -0.39 is 15.8 Å². The monoisotopic (exact) mass is 339 g/mol. The molecule has 1 aliphatic rings. The normalized spacial score (nSPS) is 19.5. The molecule has 2 aromatic carbocycles. The summed E-state index contributed by atoms with van der Waals surface area (Å²) in [6, 6.07) is 13.4. The van der Waals surface area contributed by atoms with Gasteiger partial charge in [-0.05, 0) is 36.1 Å². The van der Waals surface area contributed by atoms with Crippen LogP contribution in [0.25, 0.3) is 0 Å². The van der Waals surface area contributed by atoms with Crippen LogP contribution in [0.3, 0.4) is 0 Å². The highest BCUT2D eigenvalue weighted by Crippen LogP contribution is 2.31. The van der Waals surface area contributed by atoms with E-state index in [-0.39, 0.29) is 15.8 Å². The molecule has 3 nitrogen and oxygen atoms in total. The second-order valence-corrected chi connectivity index (χ2v) is 7.68. The highest BCUT2D eigenvalue weighted by molar-refractivity contribution is 7.89. The minimum absolute atomic E-state index is 0.0348. The van der Waals surface area contributed by atoms with Gasteiger partial charge in [0.25, 0.3) is 0 Å². The predicted molar refractivity (Wildman–Crippen MR) is 84.0 cm³/mol. The minimum atomic E-state index is -3.64. The number of hydrogen-bond acceptors (Lipinski definition) is 2. The van der Waals surface area contributed by atoms with Gasteiger partial charge >= 0.3 is 0 Å². The van der Waals surface area contributed by atoms with Gasteiger partial charge in [-0.15, -0.1) is 0 Å². The third-order valence-corrected chi connectivity index (χ3v) is 6.10. The molecule has 0 N–H and O–H groups in total. The van der Waals surface area contributed by atoms with Crippen molar-refractivity contribution in [3.63, 3.8) is 0 Å². The molecule has 2 aromatic rings. The highest BCUT2D eigenvalue weighted by atomic mass is 35.5. The maximum Gasteiger partial charge on any atom is 0.243 e. The first-order valence-electron chi connectivity index (χ1n) is 6.98. The SMILES string of the molecule is O=S(=O)(c1ccc(F)c(Cl)c1)N1CCC(c2ccccc2)C1. The smallest absolute Gasteiger partial charge is 0.207 e. The molecule has 116 valence electrons. The number of rotatable bonds is 3. The molecule has 1 saturated heterocycles. The highest BCUT2D eigenvalue weighted by Gasteiger charge is 2.33. The molecule has 0 saturated carbocycles. The maximum absolute atomic E-state index is 13.2. The van der Waals surface area contributed by atoms with Gasteiger partial charge in [0.05, 0.1) is 9.92 Å². The summed E-state index contributed by atoms with van der Waals surface area (Å²) in [7, 11) is -3.64. The fourth-order valence-corrected chi connectivity index (χ4v) is 4.50. The molecule has 1 fully saturated rings. The first-order valence-corrected chi connectivity index (χ1v) is 8.80. The zero-order valence-electron chi connectivity index (χ0n) is 11.7. The van der Waals surface area contributed by atoms with Crippen LogP contribution in [-0.2, 0) is 10.0 Å². The first-order chi connectivity index (χ1) is 10.5. The van der Waals surface area contributed by atoms with Crippen molar-refractivity contribution in [1.29, 1.82) is 0 Å². The molecule has 0 amide bonds. The van der Waals surface area contributed by atoms with Crippen LogP contribution in [-0.4, -0.2) is 25.8 Å². The molecule has 3 rings (SSSR count). The number of hydrogen-bond donors (Lipinski definition) is 0. The lowest BCUT2D eigenvalue weighted by Crippen LogP contribution is -2.28. The number of sulfonamides is 1. The fourth-order valence-electron chi connectivity index (χ4n) is 2.73. The average Bonchev–Trinajstić information content (AvgIpc) is 3.01. The molecule has 1 atom stereocenters. The lowest BCUT2D eigenvalue weighted by atomic mass is 9.99. The molecule has 1 unspecified atom stereocenters. The van der Waals surface area contributed by atoms with Crippen molar-refractivity contribution >= 4 is 21.6 Å². The van der Waals surface area contributed by atoms with Gasteiger partial charge in [0.15, 0.2) is 0 Å². The van der Waals surface area contributed by atoms with Crippen molar-refractivity contribution in [2.24, 2.45) is 0 Å². The summed E-state index contributed by atoms with van der Waals surface area (Å²) < 4.78 is 39.9. The van der Waals surface area contributed by atoms with Crippen molar-refractivity contribution in [3.8, 4) is 0 Å². The maximum atomic E-state index is 13.2. The topological polar surface area (TPSA) is 37.4 Å². The molecule has 0 aliphatic carbocycles. The van der Waals surface area contributed by atoms with Crippen molar-refractivity contribution in [3.05, 3.63) is 64.9 Å². The van der Waals surface area contributed by atoms with Gasteiger partial charge in [0.2, 0.25) is 10.0 Å². The Balaban J connectivity index is 1.83. The molecular weight excluding hydrogens is 325 g/mol. The Kier molecular flexibility index (Phi) is 4.21. The van der Waals surface area contributed by atoms with Crippen molar-refractivity contribution in [2.45, 2.75) is 17.2 Å². The molecule has 1 heterocycles. The molecule has 0 radical (unpaired) electrons. The molecule has 22 heavy (non-hydrogen) atoms. The Morgan fingerprint density at radius 1 is 1.14 bits per heavy atom. The van der Waals surface area contributed by atoms with Gasteiger partial charge < -0.3 is 0 Å². The third kappa shape index (κ3) is 2.89. The van der Waals surface area contributed by atoms with Gasteiger partial charge in [-0.3, -0.25) is 0 Å². The molecular formula is C16H15ClFNO2S. The van der Waals surface area contributed by atoms with Crippen LogP contribution in [0.4, 0.5) is 4.39 Å². The van der Waals surface area contributed by atoms with Crippen molar-refractivity contribution in [1.82, 2.24) is 4.31 Å². The number of halogens is 2. The lowest BCUT2D eigenvalue weighted by molar-refractivity contribution is 0.472. The van der Waals surface area contributed by atoms with E-state index >= 15 is 0 Å². The van der Waals surface area contributed by atoms with E-state index in [2.05, 4.69) is 0 Å². The van der Waals surface area contributed by atoms with Gasteiger partial charge in [0.1, 0.15) is 5.82 Å². The van der Waals surface area contributed by atoms with Crippen LogP contribution in [0.5, 0.6) is 0 Å². The quantitative estimate of drug-likeness (QED) is 0.855. The molecule has 6 heteroatoms. The van der Waals surface area contributed by atoms with E-state index in [0.29, 0.717) is 13.1 Å². The minimum Gasteiger partial charge on any atom is -0.207 e. The standard InChI is InChI=1S/C16H15ClFNO2S/c17-15-10-14(6-7-16(15)18)22(20,21)19-9-8-13(11-19)12-4-2-1-3-5-12/h1-7,10,13H,8-9,11H2. The summed E-state index contributed by atoms with van der Waals surface area (Å²) >= 11 is 5.69. The van der Waals surface area contributed by atoms with E-state index in [9.17, 15) is 12.8 Å². The summed E-state index contributed by atoms with van der Waals surface area (Å²) in [5, 5.41) is -0.181. The third-order valence-electron chi connectivity index (χ3n) is 3.95. The van der Waals surface area contributed by atoms with Crippen LogP contribution < -0.4 is 0 Å². The second kappa shape index (κ2) is 5.99.